The van der Waals surface area contributed by atoms with E-state index in [1.165, 1.54) is 12.1 Å². The Morgan fingerprint density at radius 1 is 1.36 bits per heavy atom. The molecule has 14 heavy (non-hydrogen) atoms. The van der Waals surface area contributed by atoms with Crippen molar-refractivity contribution in [3.05, 3.63) is 34.6 Å². The molecule has 0 heterocycles. The molecule has 0 aliphatic heterocycles. The van der Waals surface area contributed by atoms with Gasteiger partial charge in [-0.15, -0.1) is 0 Å². The standard InChI is InChI=1S/C11H12ClFO/c12-11-4-2-8(13)6-10(11)7-1-3-9(14)5-7/h2,4,6-7,9,14H,1,3,5H2. The minimum Gasteiger partial charge on any atom is -0.393 e. The van der Waals surface area contributed by atoms with E-state index in [4.69, 9.17) is 11.6 Å². The quantitative estimate of drug-likeness (QED) is 0.762. The molecule has 0 amide bonds. The highest BCUT2D eigenvalue weighted by atomic mass is 35.5. The van der Waals surface area contributed by atoms with Gasteiger partial charge in [-0.1, -0.05) is 11.6 Å². The van der Waals surface area contributed by atoms with E-state index in [1.807, 2.05) is 0 Å². The molecule has 0 bridgehead atoms. The molecule has 2 unspecified atom stereocenters. The van der Waals surface area contributed by atoms with Gasteiger partial charge in [-0.25, -0.2) is 4.39 Å². The summed E-state index contributed by atoms with van der Waals surface area (Å²) in [4.78, 5) is 0. The summed E-state index contributed by atoms with van der Waals surface area (Å²) in [5.74, 6) is -0.0426. The third-order valence-electron chi connectivity index (χ3n) is 2.80. The molecule has 1 aliphatic rings. The van der Waals surface area contributed by atoms with Crippen LogP contribution in [0.4, 0.5) is 4.39 Å². The van der Waals surface area contributed by atoms with Gasteiger partial charge in [-0.05, 0) is 48.9 Å². The van der Waals surface area contributed by atoms with Crippen LogP contribution in [-0.2, 0) is 0 Å². The fourth-order valence-electron chi connectivity index (χ4n) is 2.07. The smallest absolute Gasteiger partial charge is 0.123 e. The molecule has 0 radical (unpaired) electrons. The molecular weight excluding hydrogens is 203 g/mol. The molecule has 1 aliphatic carbocycles. The first-order valence-electron chi connectivity index (χ1n) is 4.80. The van der Waals surface area contributed by atoms with E-state index < -0.39 is 0 Å². The van der Waals surface area contributed by atoms with Gasteiger partial charge in [0.2, 0.25) is 0 Å². The Morgan fingerprint density at radius 3 is 2.79 bits per heavy atom. The van der Waals surface area contributed by atoms with Crippen molar-refractivity contribution in [3.8, 4) is 0 Å². The lowest BCUT2D eigenvalue weighted by Gasteiger charge is -2.11. The molecule has 1 saturated carbocycles. The summed E-state index contributed by atoms with van der Waals surface area (Å²) in [6.07, 6.45) is 2.13. The Morgan fingerprint density at radius 2 is 2.14 bits per heavy atom. The Bertz CT molecular complexity index is 340. The van der Waals surface area contributed by atoms with E-state index in [0.717, 1.165) is 18.4 Å². The molecular formula is C11H12ClFO. The van der Waals surface area contributed by atoms with Crippen LogP contribution in [0.2, 0.25) is 5.02 Å². The average molecular weight is 215 g/mol. The summed E-state index contributed by atoms with van der Waals surface area (Å²) < 4.78 is 13.0. The van der Waals surface area contributed by atoms with Crippen LogP contribution >= 0.6 is 11.6 Å². The SMILES string of the molecule is OC1CCC(c2cc(F)ccc2Cl)C1. The van der Waals surface area contributed by atoms with Crippen LogP contribution in [0.1, 0.15) is 30.7 Å². The maximum Gasteiger partial charge on any atom is 0.123 e. The lowest BCUT2D eigenvalue weighted by atomic mass is 9.97. The first kappa shape index (κ1) is 9.94. The lowest BCUT2D eigenvalue weighted by molar-refractivity contribution is 0.181. The molecule has 0 saturated heterocycles. The third-order valence-corrected chi connectivity index (χ3v) is 3.15. The topological polar surface area (TPSA) is 20.2 Å². The first-order chi connectivity index (χ1) is 6.66. The van der Waals surface area contributed by atoms with E-state index >= 15 is 0 Å². The van der Waals surface area contributed by atoms with Gasteiger partial charge in [0.1, 0.15) is 5.82 Å². The Hall–Kier alpha value is -0.600. The average Bonchev–Trinajstić information content (AvgIpc) is 2.56. The van der Waals surface area contributed by atoms with Crippen LogP contribution < -0.4 is 0 Å². The maximum absolute atomic E-state index is 13.0. The van der Waals surface area contributed by atoms with Crippen molar-refractivity contribution in [1.29, 1.82) is 0 Å². The summed E-state index contributed by atoms with van der Waals surface area (Å²) in [6.45, 7) is 0. The summed E-state index contributed by atoms with van der Waals surface area (Å²) in [6, 6.07) is 4.42. The molecule has 2 atom stereocenters. The normalized spacial score (nSPS) is 26.8. The van der Waals surface area contributed by atoms with Gasteiger partial charge < -0.3 is 5.11 Å². The first-order valence-corrected chi connectivity index (χ1v) is 5.17. The Balaban J connectivity index is 2.27. The largest absolute Gasteiger partial charge is 0.393 e. The molecule has 0 aromatic heterocycles. The second-order valence-electron chi connectivity index (χ2n) is 3.83. The highest BCUT2D eigenvalue weighted by molar-refractivity contribution is 6.31. The summed E-state index contributed by atoms with van der Waals surface area (Å²) in [7, 11) is 0. The van der Waals surface area contributed by atoms with E-state index in [0.29, 0.717) is 11.4 Å². The van der Waals surface area contributed by atoms with Crippen LogP contribution in [0, 0.1) is 5.82 Å². The summed E-state index contributed by atoms with van der Waals surface area (Å²) in [5, 5.41) is 9.99. The van der Waals surface area contributed by atoms with Crippen molar-refractivity contribution < 1.29 is 9.50 Å². The van der Waals surface area contributed by atoms with E-state index in [-0.39, 0.29) is 17.8 Å². The minimum atomic E-state index is -0.259. The number of rotatable bonds is 1. The number of aliphatic hydroxyl groups excluding tert-OH is 1. The van der Waals surface area contributed by atoms with Crippen molar-refractivity contribution in [2.75, 3.05) is 0 Å². The van der Waals surface area contributed by atoms with Crippen LogP contribution in [0.25, 0.3) is 0 Å². The molecule has 0 spiro atoms. The number of hydrogen-bond acceptors (Lipinski definition) is 1. The summed E-state index contributed by atoms with van der Waals surface area (Å²) in [5.41, 5.74) is 0.836. The number of benzene rings is 1. The molecule has 2 rings (SSSR count). The van der Waals surface area contributed by atoms with E-state index in [9.17, 15) is 9.50 Å². The number of hydrogen-bond donors (Lipinski definition) is 1. The molecule has 76 valence electrons. The fourth-order valence-corrected chi connectivity index (χ4v) is 2.34. The predicted molar refractivity (Wildman–Crippen MR) is 54.0 cm³/mol. The van der Waals surface area contributed by atoms with Crippen molar-refractivity contribution in [3.63, 3.8) is 0 Å². The van der Waals surface area contributed by atoms with Gasteiger partial charge in [-0.2, -0.15) is 0 Å². The third kappa shape index (κ3) is 1.91. The zero-order valence-corrected chi connectivity index (χ0v) is 8.47. The van der Waals surface area contributed by atoms with Crippen molar-refractivity contribution in [2.45, 2.75) is 31.3 Å². The monoisotopic (exact) mass is 214 g/mol. The second-order valence-corrected chi connectivity index (χ2v) is 4.24. The zero-order valence-electron chi connectivity index (χ0n) is 7.71. The second kappa shape index (κ2) is 3.87. The van der Waals surface area contributed by atoms with Gasteiger partial charge >= 0.3 is 0 Å². The minimum absolute atomic E-state index is 0.216. The molecule has 3 heteroatoms. The van der Waals surface area contributed by atoms with Crippen molar-refractivity contribution >= 4 is 11.6 Å². The number of aliphatic hydroxyl groups is 1. The molecule has 1 N–H and O–H groups in total. The molecule has 1 aromatic rings. The van der Waals surface area contributed by atoms with Crippen molar-refractivity contribution in [2.24, 2.45) is 0 Å². The predicted octanol–water partition coefficient (Wildman–Crippen LogP) is 3.11. The Labute approximate surface area is 87.5 Å². The zero-order chi connectivity index (χ0) is 10.1. The van der Waals surface area contributed by atoms with Gasteiger partial charge in [0.25, 0.3) is 0 Å². The van der Waals surface area contributed by atoms with Gasteiger partial charge in [0.15, 0.2) is 0 Å². The maximum atomic E-state index is 13.0. The van der Waals surface area contributed by atoms with E-state index in [1.54, 1.807) is 6.07 Å². The molecule has 1 aromatic carbocycles. The lowest BCUT2D eigenvalue weighted by Crippen LogP contribution is -2.00. The van der Waals surface area contributed by atoms with Gasteiger partial charge in [-0.3, -0.25) is 0 Å². The highest BCUT2D eigenvalue weighted by Crippen LogP contribution is 2.37. The van der Waals surface area contributed by atoms with Crippen LogP contribution in [0.3, 0.4) is 0 Å². The van der Waals surface area contributed by atoms with Crippen LogP contribution in [0.15, 0.2) is 18.2 Å². The van der Waals surface area contributed by atoms with Crippen LogP contribution in [0.5, 0.6) is 0 Å². The molecule has 1 nitrogen and oxygen atoms in total. The van der Waals surface area contributed by atoms with Gasteiger partial charge in [0.05, 0.1) is 6.10 Å². The van der Waals surface area contributed by atoms with E-state index in [2.05, 4.69) is 0 Å². The van der Waals surface area contributed by atoms with Crippen LogP contribution in [-0.4, -0.2) is 11.2 Å². The fraction of sp³-hybridized carbons (Fsp3) is 0.455. The van der Waals surface area contributed by atoms with Gasteiger partial charge in [0, 0.05) is 5.02 Å². The number of halogens is 2. The molecule has 1 fully saturated rings. The highest BCUT2D eigenvalue weighted by Gasteiger charge is 2.25. The Kier molecular flexibility index (Phi) is 2.75. The summed E-state index contributed by atoms with van der Waals surface area (Å²) >= 11 is 5.98. The van der Waals surface area contributed by atoms with Crippen molar-refractivity contribution in [1.82, 2.24) is 0 Å².